The molecule has 22 heavy (non-hydrogen) atoms. The zero-order valence-electron chi connectivity index (χ0n) is 12.9. The van der Waals surface area contributed by atoms with E-state index in [1.54, 1.807) is 39.2 Å². The third-order valence-corrected chi connectivity index (χ3v) is 3.28. The number of nitrogens with one attached hydrogen (secondary N) is 1. The molecule has 0 heterocycles. The number of amides is 1. The summed E-state index contributed by atoms with van der Waals surface area (Å²) in [6.45, 7) is 3.59. The van der Waals surface area contributed by atoms with Crippen molar-refractivity contribution in [1.82, 2.24) is 0 Å². The van der Waals surface area contributed by atoms with Gasteiger partial charge in [-0.2, -0.15) is 0 Å². The Labute approximate surface area is 130 Å². The van der Waals surface area contributed by atoms with Crippen molar-refractivity contribution in [2.24, 2.45) is 0 Å². The first-order valence-electron chi connectivity index (χ1n) is 6.93. The number of hydrogen-bond acceptors (Lipinski definition) is 3. The van der Waals surface area contributed by atoms with Gasteiger partial charge in [0.1, 0.15) is 11.5 Å². The lowest BCUT2D eigenvalue weighted by Crippen LogP contribution is -2.08. The second-order valence-electron chi connectivity index (χ2n) is 5.06. The second kappa shape index (κ2) is 6.80. The third kappa shape index (κ3) is 3.88. The monoisotopic (exact) mass is 297 g/mol. The van der Waals surface area contributed by atoms with Crippen LogP contribution in [0.1, 0.15) is 16.7 Å². The van der Waals surface area contributed by atoms with Crippen LogP contribution in [0.2, 0.25) is 0 Å². The van der Waals surface area contributed by atoms with E-state index in [0.29, 0.717) is 5.69 Å². The fourth-order valence-electron chi connectivity index (χ4n) is 2.13. The Hall–Kier alpha value is -2.75. The van der Waals surface area contributed by atoms with Gasteiger partial charge in [0.15, 0.2) is 0 Å². The van der Waals surface area contributed by atoms with Crippen LogP contribution in [-0.4, -0.2) is 18.1 Å². The molecule has 114 valence electrons. The van der Waals surface area contributed by atoms with Gasteiger partial charge in [0.2, 0.25) is 5.91 Å². The largest absolute Gasteiger partial charge is 0.507 e. The summed E-state index contributed by atoms with van der Waals surface area (Å²) in [4.78, 5) is 12.0. The van der Waals surface area contributed by atoms with Gasteiger partial charge in [0.05, 0.1) is 7.11 Å². The molecule has 0 fully saturated rings. The molecule has 2 aromatic rings. The van der Waals surface area contributed by atoms with Crippen LogP contribution < -0.4 is 10.1 Å². The molecule has 2 aromatic carbocycles. The molecule has 1 amide bonds. The van der Waals surface area contributed by atoms with Crippen molar-refractivity contribution in [2.75, 3.05) is 12.4 Å². The van der Waals surface area contributed by atoms with Crippen LogP contribution in [0.15, 0.2) is 42.5 Å². The molecule has 0 aromatic heterocycles. The van der Waals surface area contributed by atoms with Crippen molar-refractivity contribution in [3.8, 4) is 11.5 Å². The lowest BCUT2D eigenvalue weighted by atomic mass is 10.1. The lowest BCUT2D eigenvalue weighted by Gasteiger charge is -2.08. The summed E-state index contributed by atoms with van der Waals surface area (Å²) in [6, 6.07) is 10.9. The Morgan fingerprint density at radius 2 is 1.86 bits per heavy atom. The highest BCUT2D eigenvalue weighted by molar-refractivity contribution is 6.02. The van der Waals surface area contributed by atoms with Crippen molar-refractivity contribution in [3.63, 3.8) is 0 Å². The Morgan fingerprint density at radius 3 is 2.50 bits per heavy atom. The predicted octanol–water partition coefficient (Wildman–Crippen LogP) is 3.67. The number of anilines is 1. The van der Waals surface area contributed by atoms with Crippen molar-refractivity contribution in [3.05, 3.63) is 59.2 Å². The van der Waals surface area contributed by atoms with E-state index in [1.165, 1.54) is 6.08 Å². The van der Waals surface area contributed by atoms with E-state index in [0.717, 1.165) is 22.4 Å². The number of aryl methyl sites for hydroxylation is 2. The highest BCUT2D eigenvalue weighted by atomic mass is 16.5. The third-order valence-electron chi connectivity index (χ3n) is 3.28. The molecule has 0 unspecified atom stereocenters. The summed E-state index contributed by atoms with van der Waals surface area (Å²) < 4.78 is 5.14. The molecule has 0 radical (unpaired) electrons. The molecule has 0 aliphatic heterocycles. The molecule has 0 aliphatic carbocycles. The first kappa shape index (κ1) is 15.6. The number of aromatic hydroxyl groups is 1. The molecule has 0 saturated carbocycles. The predicted molar refractivity (Wildman–Crippen MR) is 88.2 cm³/mol. The summed E-state index contributed by atoms with van der Waals surface area (Å²) in [5, 5.41) is 12.5. The van der Waals surface area contributed by atoms with Crippen molar-refractivity contribution in [1.29, 1.82) is 0 Å². The molecular weight excluding hydrogens is 278 g/mol. The minimum absolute atomic E-state index is 0.229. The fourth-order valence-corrected chi connectivity index (χ4v) is 2.13. The second-order valence-corrected chi connectivity index (χ2v) is 5.06. The van der Waals surface area contributed by atoms with Gasteiger partial charge in [0.25, 0.3) is 0 Å². The van der Waals surface area contributed by atoms with Gasteiger partial charge in [-0.05, 0) is 60.9 Å². The highest BCUT2D eigenvalue weighted by Gasteiger charge is 2.05. The molecule has 0 spiro atoms. The van der Waals surface area contributed by atoms with Crippen LogP contribution in [0.3, 0.4) is 0 Å². The van der Waals surface area contributed by atoms with Crippen LogP contribution >= 0.6 is 0 Å². The van der Waals surface area contributed by atoms with Gasteiger partial charge >= 0.3 is 0 Å². The van der Waals surface area contributed by atoms with Crippen LogP contribution in [0, 0.1) is 13.8 Å². The minimum Gasteiger partial charge on any atom is -0.507 e. The Morgan fingerprint density at radius 1 is 1.18 bits per heavy atom. The van der Waals surface area contributed by atoms with Gasteiger partial charge in [-0.15, -0.1) is 0 Å². The van der Waals surface area contributed by atoms with E-state index >= 15 is 0 Å². The molecule has 2 rings (SSSR count). The Bertz CT molecular complexity index is 697. The quantitative estimate of drug-likeness (QED) is 0.668. The maximum Gasteiger partial charge on any atom is 0.248 e. The van der Waals surface area contributed by atoms with E-state index in [2.05, 4.69) is 5.32 Å². The van der Waals surface area contributed by atoms with Crippen molar-refractivity contribution >= 4 is 17.7 Å². The normalized spacial score (nSPS) is 10.7. The average molecular weight is 297 g/mol. The summed E-state index contributed by atoms with van der Waals surface area (Å²) in [6.07, 6.45) is 3.18. The average Bonchev–Trinajstić information content (AvgIpc) is 2.50. The van der Waals surface area contributed by atoms with Gasteiger partial charge in [-0.25, -0.2) is 0 Å². The van der Waals surface area contributed by atoms with Gasteiger partial charge in [-0.3, -0.25) is 4.79 Å². The van der Waals surface area contributed by atoms with E-state index in [4.69, 9.17) is 4.74 Å². The van der Waals surface area contributed by atoms with Crippen LogP contribution in [0.25, 0.3) is 6.08 Å². The summed E-state index contributed by atoms with van der Waals surface area (Å²) in [5.74, 6) is 0.768. The molecule has 2 N–H and O–H groups in total. The van der Waals surface area contributed by atoms with Crippen molar-refractivity contribution in [2.45, 2.75) is 13.8 Å². The number of ether oxygens (including phenoxy) is 1. The number of rotatable bonds is 4. The van der Waals surface area contributed by atoms with Crippen LogP contribution in [0.4, 0.5) is 5.69 Å². The number of methoxy groups -OCH3 is 1. The minimum atomic E-state index is -0.229. The first-order valence-corrected chi connectivity index (χ1v) is 6.93. The Kier molecular flexibility index (Phi) is 4.84. The first-order chi connectivity index (χ1) is 10.5. The maximum atomic E-state index is 12.0. The Balaban J connectivity index is 2.08. The molecule has 0 saturated heterocycles. The lowest BCUT2D eigenvalue weighted by molar-refractivity contribution is -0.111. The standard InChI is InChI=1S/C18H19NO3/c1-12-9-15(10-13(2)18(12)21)19-17(20)8-7-14-5-4-6-16(11-14)22-3/h4-11,21H,1-3H3,(H,19,20). The molecule has 4 nitrogen and oxygen atoms in total. The van der Waals surface area contributed by atoms with E-state index in [-0.39, 0.29) is 11.7 Å². The number of phenols is 1. The molecule has 0 bridgehead atoms. The highest BCUT2D eigenvalue weighted by Crippen LogP contribution is 2.25. The molecule has 0 aliphatic rings. The topological polar surface area (TPSA) is 58.6 Å². The molecule has 0 atom stereocenters. The van der Waals surface area contributed by atoms with Gasteiger partial charge < -0.3 is 15.2 Å². The summed E-state index contributed by atoms with van der Waals surface area (Å²) in [5.41, 5.74) is 3.00. The van der Waals surface area contributed by atoms with Gasteiger partial charge in [0, 0.05) is 11.8 Å². The number of phenolic OH excluding ortho intramolecular Hbond substituents is 1. The van der Waals surface area contributed by atoms with Crippen LogP contribution in [0.5, 0.6) is 11.5 Å². The van der Waals surface area contributed by atoms with Gasteiger partial charge in [-0.1, -0.05) is 12.1 Å². The fraction of sp³-hybridized carbons (Fsp3) is 0.167. The molecular formula is C18H19NO3. The number of carbonyl (C=O) groups excluding carboxylic acids is 1. The maximum absolute atomic E-state index is 12.0. The number of benzene rings is 2. The SMILES string of the molecule is COc1cccc(C=CC(=O)Nc2cc(C)c(O)c(C)c2)c1. The summed E-state index contributed by atoms with van der Waals surface area (Å²) in [7, 11) is 1.60. The van der Waals surface area contributed by atoms with E-state index in [9.17, 15) is 9.90 Å². The zero-order chi connectivity index (χ0) is 16.1. The summed E-state index contributed by atoms with van der Waals surface area (Å²) >= 11 is 0. The molecule has 4 heteroatoms. The number of hydrogen-bond donors (Lipinski definition) is 2. The zero-order valence-corrected chi connectivity index (χ0v) is 12.9. The smallest absolute Gasteiger partial charge is 0.248 e. The van der Waals surface area contributed by atoms with Crippen LogP contribution in [-0.2, 0) is 4.79 Å². The number of carbonyl (C=O) groups is 1. The van der Waals surface area contributed by atoms with Crippen molar-refractivity contribution < 1.29 is 14.6 Å². The van der Waals surface area contributed by atoms with E-state index < -0.39 is 0 Å². The van der Waals surface area contributed by atoms with E-state index in [1.807, 2.05) is 24.3 Å².